The van der Waals surface area contributed by atoms with E-state index in [2.05, 4.69) is 17.2 Å². The van der Waals surface area contributed by atoms with Gasteiger partial charge in [-0.15, -0.1) is 11.3 Å². The number of carbonyl (C=O) groups is 1. The van der Waals surface area contributed by atoms with Crippen molar-refractivity contribution in [3.63, 3.8) is 0 Å². The average molecular weight is 225 g/mol. The molecule has 5 heteroatoms. The number of amides is 1. The summed E-state index contributed by atoms with van der Waals surface area (Å²) >= 11 is 1.43. The molecule has 0 spiro atoms. The highest BCUT2D eigenvalue weighted by Crippen LogP contribution is 2.38. The molecule has 1 aliphatic rings. The van der Waals surface area contributed by atoms with Crippen molar-refractivity contribution in [2.45, 2.75) is 26.3 Å². The Balaban J connectivity index is 1.96. The molecule has 0 bridgehead atoms. The molecule has 15 heavy (non-hydrogen) atoms. The van der Waals surface area contributed by atoms with Crippen LogP contribution in [0.15, 0.2) is 5.38 Å². The van der Waals surface area contributed by atoms with E-state index in [0.717, 1.165) is 12.1 Å². The number of hydrogen-bond donors (Lipinski definition) is 2. The zero-order valence-electron chi connectivity index (χ0n) is 8.86. The SMILES string of the molecule is CC(N)c1csc(NC(=O)C2CC2C)n1. The molecular weight excluding hydrogens is 210 g/mol. The van der Waals surface area contributed by atoms with Gasteiger partial charge < -0.3 is 11.1 Å². The van der Waals surface area contributed by atoms with Crippen molar-refractivity contribution in [2.24, 2.45) is 17.6 Å². The fourth-order valence-electron chi connectivity index (χ4n) is 1.44. The Morgan fingerprint density at radius 2 is 2.47 bits per heavy atom. The predicted octanol–water partition coefficient (Wildman–Crippen LogP) is 1.76. The molecule has 3 N–H and O–H groups in total. The lowest BCUT2D eigenvalue weighted by Crippen LogP contribution is -2.14. The van der Waals surface area contributed by atoms with Gasteiger partial charge in [-0.25, -0.2) is 4.98 Å². The molecule has 82 valence electrons. The van der Waals surface area contributed by atoms with Gasteiger partial charge in [0.2, 0.25) is 5.91 Å². The number of aromatic nitrogens is 1. The third kappa shape index (κ3) is 2.35. The summed E-state index contributed by atoms with van der Waals surface area (Å²) in [5.41, 5.74) is 6.52. The van der Waals surface area contributed by atoms with Crippen LogP contribution in [0.25, 0.3) is 0 Å². The molecular formula is C10H15N3OS. The quantitative estimate of drug-likeness (QED) is 0.823. The van der Waals surface area contributed by atoms with Crippen molar-refractivity contribution >= 4 is 22.4 Å². The Labute approximate surface area is 92.9 Å². The van der Waals surface area contributed by atoms with Gasteiger partial charge in [0.15, 0.2) is 5.13 Å². The second kappa shape index (κ2) is 3.90. The van der Waals surface area contributed by atoms with E-state index < -0.39 is 0 Å². The summed E-state index contributed by atoms with van der Waals surface area (Å²) in [6, 6.07) is -0.0771. The van der Waals surface area contributed by atoms with E-state index in [0.29, 0.717) is 11.0 Å². The van der Waals surface area contributed by atoms with Crippen LogP contribution >= 0.6 is 11.3 Å². The third-order valence-electron chi connectivity index (χ3n) is 2.66. The van der Waals surface area contributed by atoms with Crippen LogP contribution in [-0.4, -0.2) is 10.9 Å². The van der Waals surface area contributed by atoms with E-state index in [-0.39, 0.29) is 17.9 Å². The van der Waals surface area contributed by atoms with Gasteiger partial charge in [0.25, 0.3) is 0 Å². The molecule has 4 nitrogen and oxygen atoms in total. The first-order chi connectivity index (χ1) is 7.08. The summed E-state index contributed by atoms with van der Waals surface area (Å²) in [5.74, 6) is 0.804. The zero-order chi connectivity index (χ0) is 11.0. The number of nitrogens with one attached hydrogen (secondary N) is 1. The Morgan fingerprint density at radius 3 is 2.93 bits per heavy atom. The summed E-state index contributed by atoms with van der Waals surface area (Å²) in [6.07, 6.45) is 0.997. The third-order valence-corrected chi connectivity index (χ3v) is 3.44. The largest absolute Gasteiger partial charge is 0.323 e. The van der Waals surface area contributed by atoms with Crippen LogP contribution in [0.3, 0.4) is 0 Å². The minimum atomic E-state index is -0.0771. The highest BCUT2D eigenvalue weighted by atomic mass is 32.1. The first-order valence-corrected chi connectivity index (χ1v) is 5.97. The second-order valence-corrected chi connectivity index (χ2v) is 5.03. The first-order valence-electron chi connectivity index (χ1n) is 5.10. The molecule has 3 unspecified atom stereocenters. The van der Waals surface area contributed by atoms with E-state index in [4.69, 9.17) is 5.73 Å². The van der Waals surface area contributed by atoms with Gasteiger partial charge in [-0.1, -0.05) is 6.92 Å². The fourth-order valence-corrected chi connectivity index (χ4v) is 2.26. The van der Waals surface area contributed by atoms with Crippen molar-refractivity contribution in [2.75, 3.05) is 5.32 Å². The molecule has 1 aromatic heterocycles. The maximum atomic E-state index is 11.6. The summed E-state index contributed by atoms with van der Waals surface area (Å²) in [4.78, 5) is 15.8. The van der Waals surface area contributed by atoms with Gasteiger partial charge in [0.1, 0.15) is 0 Å². The number of nitrogens with zero attached hydrogens (tertiary/aromatic N) is 1. The number of anilines is 1. The van der Waals surface area contributed by atoms with Gasteiger partial charge in [-0.05, 0) is 19.3 Å². The summed E-state index contributed by atoms with van der Waals surface area (Å²) in [7, 11) is 0. The predicted molar refractivity (Wildman–Crippen MR) is 60.6 cm³/mol. The highest BCUT2D eigenvalue weighted by Gasteiger charge is 2.39. The molecule has 1 aromatic rings. The first kappa shape index (κ1) is 10.6. The lowest BCUT2D eigenvalue weighted by atomic mass is 10.3. The van der Waals surface area contributed by atoms with Gasteiger partial charge in [0, 0.05) is 17.3 Å². The molecule has 1 fully saturated rings. The van der Waals surface area contributed by atoms with Crippen LogP contribution < -0.4 is 11.1 Å². The van der Waals surface area contributed by atoms with Gasteiger partial charge in [0.05, 0.1) is 5.69 Å². The summed E-state index contributed by atoms with van der Waals surface area (Å²) < 4.78 is 0. The highest BCUT2D eigenvalue weighted by molar-refractivity contribution is 7.13. The van der Waals surface area contributed by atoms with Crippen LogP contribution in [-0.2, 0) is 4.79 Å². The lowest BCUT2D eigenvalue weighted by molar-refractivity contribution is -0.117. The van der Waals surface area contributed by atoms with Gasteiger partial charge >= 0.3 is 0 Å². The number of nitrogens with two attached hydrogens (primary N) is 1. The maximum absolute atomic E-state index is 11.6. The molecule has 0 radical (unpaired) electrons. The normalized spacial score (nSPS) is 26.1. The summed E-state index contributed by atoms with van der Waals surface area (Å²) in [5, 5.41) is 5.37. The van der Waals surface area contributed by atoms with Crippen LogP contribution in [0.2, 0.25) is 0 Å². The smallest absolute Gasteiger partial charge is 0.229 e. The number of hydrogen-bond acceptors (Lipinski definition) is 4. The number of rotatable bonds is 3. The Bertz CT molecular complexity index is 374. The van der Waals surface area contributed by atoms with Crippen LogP contribution in [0.1, 0.15) is 32.0 Å². The molecule has 1 saturated carbocycles. The Kier molecular flexibility index (Phi) is 2.75. The molecule has 1 heterocycles. The maximum Gasteiger partial charge on any atom is 0.229 e. The molecule has 0 aliphatic heterocycles. The lowest BCUT2D eigenvalue weighted by Gasteiger charge is -2.00. The minimum absolute atomic E-state index is 0.0771. The molecule has 2 rings (SSSR count). The number of thiazole rings is 1. The van der Waals surface area contributed by atoms with E-state index in [1.165, 1.54) is 11.3 Å². The van der Waals surface area contributed by atoms with Crippen LogP contribution in [0.4, 0.5) is 5.13 Å². The molecule has 1 aliphatic carbocycles. The van der Waals surface area contributed by atoms with Gasteiger partial charge in [-0.3, -0.25) is 4.79 Å². The standard InChI is InChI=1S/C10H15N3OS/c1-5-3-7(5)9(14)13-10-12-8(4-15-10)6(2)11/h4-7H,3,11H2,1-2H3,(H,12,13,14). The minimum Gasteiger partial charge on any atom is -0.323 e. The van der Waals surface area contributed by atoms with E-state index in [1.807, 2.05) is 12.3 Å². The molecule has 0 aromatic carbocycles. The number of carbonyl (C=O) groups excluding carboxylic acids is 1. The molecule has 0 saturated heterocycles. The van der Waals surface area contributed by atoms with Gasteiger partial charge in [-0.2, -0.15) is 0 Å². The molecule has 1 amide bonds. The van der Waals surface area contributed by atoms with Crippen molar-refractivity contribution in [3.8, 4) is 0 Å². The van der Waals surface area contributed by atoms with Crippen molar-refractivity contribution in [3.05, 3.63) is 11.1 Å². The van der Waals surface area contributed by atoms with Crippen LogP contribution in [0.5, 0.6) is 0 Å². The molecule has 3 atom stereocenters. The Hall–Kier alpha value is -0.940. The monoisotopic (exact) mass is 225 g/mol. The van der Waals surface area contributed by atoms with Crippen molar-refractivity contribution in [1.82, 2.24) is 4.98 Å². The topological polar surface area (TPSA) is 68.0 Å². The van der Waals surface area contributed by atoms with E-state index in [1.54, 1.807) is 0 Å². The zero-order valence-corrected chi connectivity index (χ0v) is 9.67. The Morgan fingerprint density at radius 1 is 1.80 bits per heavy atom. The van der Waals surface area contributed by atoms with E-state index in [9.17, 15) is 4.79 Å². The van der Waals surface area contributed by atoms with Crippen molar-refractivity contribution in [1.29, 1.82) is 0 Å². The fraction of sp³-hybridized carbons (Fsp3) is 0.600. The van der Waals surface area contributed by atoms with Crippen LogP contribution in [0, 0.1) is 11.8 Å². The average Bonchev–Trinajstić information content (AvgIpc) is 2.73. The van der Waals surface area contributed by atoms with E-state index >= 15 is 0 Å². The van der Waals surface area contributed by atoms with Crippen molar-refractivity contribution < 1.29 is 4.79 Å². The summed E-state index contributed by atoms with van der Waals surface area (Å²) in [6.45, 7) is 3.96. The second-order valence-electron chi connectivity index (χ2n) is 4.17.